The largest absolute Gasteiger partial charge is 0.445 e. The molecule has 1 unspecified atom stereocenters. The van der Waals surface area contributed by atoms with E-state index in [2.05, 4.69) is 20.8 Å². The number of carbonyl (C=O) groups is 2. The molecule has 252 valence electrons. The lowest BCUT2D eigenvalue weighted by Gasteiger charge is -2.41. The van der Waals surface area contributed by atoms with Crippen LogP contribution >= 0.6 is 39.3 Å². The first-order chi connectivity index (χ1) is 22.4. The molecular formula is C34H41BrClN5O5S. The molecule has 2 atom stereocenters. The molecule has 3 aliphatic rings. The van der Waals surface area contributed by atoms with E-state index in [0.717, 1.165) is 50.8 Å². The molecule has 3 aromatic rings. The van der Waals surface area contributed by atoms with Crippen LogP contribution < -0.4 is 10.6 Å². The summed E-state index contributed by atoms with van der Waals surface area (Å²) in [5.74, 6) is 1.68. The van der Waals surface area contributed by atoms with E-state index in [-0.39, 0.29) is 36.6 Å². The van der Waals surface area contributed by atoms with Crippen LogP contribution in [0.2, 0.25) is 5.02 Å². The van der Waals surface area contributed by atoms with E-state index in [0.29, 0.717) is 49.5 Å². The van der Waals surface area contributed by atoms with Gasteiger partial charge >= 0.3 is 17.9 Å². The lowest BCUT2D eigenvalue weighted by Crippen LogP contribution is -2.55. The van der Waals surface area contributed by atoms with Crippen LogP contribution in [0, 0.1) is 5.92 Å². The number of piperidine rings is 1. The highest BCUT2D eigenvalue weighted by molar-refractivity contribution is 9.10. The molecule has 2 aromatic carbocycles. The van der Waals surface area contributed by atoms with Crippen LogP contribution in [0.3, 0.4) is 0 Å². The number of rotatable bonds is 5. The van der Waals surface area contributed by atoms with Crippen LogP contribution in [0.25, 0.3) is 10.9 Å². The molecule has 3 aliphatic heterocycles. The van der Waals surface area contributed by atoms with Gasteiger partial charge in [-0.2, -0.15) is 4.98 Å². The summed E-state index contributed by atoms with van der Waals surface area (Å²) in [5.41, 5.74) is 0.957. The zero-order valence-electron chi connectivity index (χ0n) is 27.2. The van der Waals surface area contributed by atoms with Gasteiger partial charge in [-0.1, -0.05) is 41.9 Å². The lowest BCUT2D eigenvalue weighted by atomic mass is 9.90. The van der Waals surface area contributed by atoms with E-state index >= 15 is 0 Å². The molecule has 2 fully saturated rings. The van der Waals surface area contributed by atoms with Crippen LogP contribution in [-0.4, -0.2) is 81.7 Å². The number of amides is 2. The number of hydrogen-bond acceptors (Lipinski definition) is 8. The van der Waals surface area contributed by atoms with Crippen LogP contribution in [0.15, 0.2) is 50.6 Å². The van der Waals surface area contributed by atoms with Gasteiger partial charge in [-0.3, -0.25) is 4.57 Å². The van der Waals surface area contributed by atoms with Crippen molar-refractivity contribution in [2.75, 3.05) is 43.4 Å². The van der Waals surface area contributed by atoms with Gasteiger partial charge in [0.05, 0.1) is 15.0 Å². The Morgan fingerprint density at radius 2 is 1.79 bits per heavy atom. The third-order valence-corrected chi connectivity index (χ3v) is 11.9. The molecule has 0 bridgehead atoms. The smallest absolute Gasteiger partial charge is 0.410 e. The number of benzene rings is 2. The van der Waals surface area contributed by atoms with Crippen molar-refractivity contribution in [3.05, 3.63) is 61.9 Å². The summed E-state index contributed by atoms with van der Waals surface area (Å²) >= 11 is 12.1. The van der Waals surface area contributed by atoms with Gasteiger partial charge in [0.15, 0.2) is 0 Å². The van der Waals surface area contributed by atoms with E-state index in [4.69, 9.17) is 26.1 Å². The molecule has 47 heavy (non-hydrogen) atoms. The average Bonchev–Trinajstić information content (AvgIpc) is 3.04. The molecule has 1 aromatic heterocycles. The highest BCUT2D eigenvalue weighted by Crippen LogP contribution is 2.47. The first-order valence-electron chi connectivity index (χ1n) is 16.2. The van der Waals surface area contributed by atoms with Crippen LogP contribution in [0.5, 0.6) is 0 Å². The Balaban J connectivity index is 1.18. The van der Waals surface area contributed by atoms with Crippen molar-refractivity contribution in [1.29, 1.82) is 0 Å². The van der Waals surface area contributed by atoms with Gasteiger partial charge in [0.1, 0.15) is 18.0 Å². The first-order valence-corrected chi connectivity index (χ1v) is 18.3. The number of nitrogens with zero attached hydrogens (tertiary/aromatic N) is 5. The van der Waals surface area contributed by atoms with E-state index in [9.17, 15) is 14.4 Å². The summed E-state index contributed by atoms with van der Waals surface area (Å²) in [4.78, 5) is 50.7. The van der Waals surface area contributed by atoms with Crippen LogP contribution in [0.4, 0.5) is 15.4 Å². The number of thioether (sulfide) groups is 1. The SMILES string of the molecule is CC1CN(C(=O)OC(C)(C)C)CCN1c1nc(=O)n2c3c(c(Br)c(Cl)cc13)SC[C@@H]2CC1CCN(C(=O)OCc2ccccc2)CC1. The molecule has 0 N–H and O–H groups in total. The Labute approximate surface area is 292 Å². The van der Waals surface area contributed by atoms with Gasteiger partial charge in [0.2, 0.25) is 0 Å². The number of carbonyl (C=O) groups excluding carboxylic acids is 2. The average molecular weight is 747 g/mol. The van der Waals surface area contributed by atoms with Gasteiger partial charge in [0, 0.05) is 60.8 Å². The van der Waals surface area contributed by atoms with Gasteiger partial charge in [-0.05, 0) is 80.4 Å². The zero-order valence-corrected chi connectivity index (χ0v) is 30.4. The number of anilines is 1. The second-order valence-corrected chi connectivity index (χ2v) is 15.9. The third-order valence-electron chi connectivity index (χ3n) is 9.06. The van der Waals surface area contributed by atoms with Crippen molar-refractivity contribution in [1.82, 2.24) is 19.4 Å². The van der Waals surface area contributed by atoms with E-state index < -0.39 is 5.60 Å². The summed E-state index contributed by atoms with van der Waals surface area (Å²) in [6, 6.07) is 11.5. The van der Waals surface area contributed by atoms with Crippen molar-refractivity contribution in [3.63, 3.8) is 0 Å². The number of ether oxygens (including phenoxy) is 2. The predicted octanol–water partition coefficient (Wildman–Crippen LogP) is 7.34. The van der Waals surface area contributed by atoms with Gasteiger partial charge in [-0.25, -0.2) is 14.4 Å². The Hall–Kier alpha value is -2.96. The standard InChI is InChI=1S/C34H41BrClN5O5S/c1-21-18-39(33(44)46-34(2,3)4)14-15-40(21)30-25-17-26(36)27(35)29-28(25)41(31(42)37-30)24(20-47-29)16-22-10-12-38(13-11-22)32(43)45-19-23-8-6-5-7-9-23/h5-9,17,21-22,24H,10-16,18-20H2,1-4H3/t21?,24-/m0/s1. The third kappa shape index (κ3) is 7.39. The van der Waals surface area contributed by atoms with Crippen LogP contribution in [-0.2, 0) is 16.1 Å². The molecular weight excluding hydrogens is 706 g/mol. The Bertz CT molecular complexity index is 1710. The minimum Gasteiger partial charge on any atom is -0.445 e. The maximum atomic E-state index is 13.9. The van der Waals surface area contributed by atoms with Crippen molar-refractivity contribution in [2.24, 2.45) is 5.92 Å². The second kappa shape index (κ2) is 13.9. The highest BCUT2D eigenvalue weighted by atomic mass is 79.9. The molecule has 2 saturated heterocycles. The topological polar surface area (TPSA) is 97.2 Å². The second-order valence-electron chi connectivity index (χ2n) is 13.6. The summed E-state index contributed by atoms with van der Waals surface area (Å²) in [6.45, 7) is 10.5. The lowest BCUT2D eigenvalue weighted by molar-refractivity contribution is 0.0218. The minimum atomic E-state index is -0.576. The summed E-state index contributed by atoms with van der Waals surface area (Å²) in [6.07, 6.45) is 1.90. The van der Waals surface area contributed by atoms with E-state index in [1.54, 1.807) is 21.6 Å². The monoisotopic (exact) mass is 745 g/mol. The molecule has 10 nitrogen and oxygen atoms in total. The molecule has 0 radical (unpaired) electrons. The molecule has 2 amide bonds. The number of hydrogen-bond donors (Lipinski definition) is 0. The van der Waals surface area contributed by atoms with Crippen molar-refractivity contribution >= 4 is 68.2 Å². The normalized spacial score (nSPS) is 20.4. The first kappa shape index (κ1) is 33.9. The fraction of sp³-hybridized carbons (Fsp3) is 0.529. The Kier molecular flexibility index (Phi) is 10.0. The number of aromatic nitrogens is 2. The summed E-state index contributed by atoms with van der Waals surface area (Å²) in [7, 11) is 0. The van der Waals surface area contributed by atoms with Gasteiger partial charge < -0.3 is 24.2 Å². The summed E-state index contributed by atoms with van der Waals surface area (Å²) in [5, 5.41) is 1.40. The summed E-state index contributed by atoms with van der Waals surface area (Å²) < 4.78 is 13.8. The predicted molar refractivity (Wildman–Crippen MR) is 189 cm³/mol. The van der Waals surface area contributed by atoms with Crippen molar-refractivity contribution in [2.45, 2.75) is 76.1 Å². The fourth-order valence-electron chi connectivity index (χ4n) is 6.73. The minimum absolute atomic E-state index is 0.0415. The quantitative estimate of drug-likeness (QED) is 0.268. The number of piperazine rings is 1. The molecule has 0 spiro atoms. The molecule has 6 rings (SSSR count). The number of likely N-dealkylation sites (tertiary alicyclic amines) is 1. The molecule has 13 heteroatoms. The van der Waals surface area contributed by atoms with Gasteiger partial charge in [-0.15, -0.1) is 11.8 Å². The maximum absolute atomic E-state index is 13.9. The Morgan fingerprint density at radius 1 is 1.06 bits per heavy atom. The van der Waals surface area contributed by atoms with E-state index in [1.165, 1.54) is 0 Å². The highest BCUT2D eigenvalue weighted by Gasteiger charge is 2.35. The van der Waals surface area contributed by atoms with Crippen LogP contribution in [0.1, 0.15) is 58.6 Å². The van der Waals surface area contributed by atoms with Crippen molar-refractivity contribution in [3.8, 4) is 0 Å². The molecule has 4 heterocycles. The zero-order chi connectivity index (χ0) is 33.5. The fourth-order valence-corrected chi connectivity index (χ4v) is 8.86. The molecule has 0 saturated carbocycles. The van der Waals surface area contributed by atoms with E-state index in [1.807, 2.05) is 68.7 Å². The van der Waals surface area contributed by atoms with Gasteiger partial charge in [0.25, 0.3) is 0 Å². The Morgan fingerprint density at radius 3 is 2.47 bits per heavy atom. The maximum Gasteiger partial charge on any atom is 0.410 e. The number of halogens is 2. The molecule has 0 aliphatic carbocycles. The van der Waals surface area contributed by atoms with Crippen molar-refractivity contribution < 1.29 is 19.1 Å².